The highest BCUT2D eigenvalue weighted by atomic mass is 16.4. The van der Waals surface area contributed by atoms with Crippen LogP contribution in [0.5, 0.6) is 0 Å². The smallest absolute Gasteiger partial charge is 0.326 e. The summed E-state index contributed by atoms with van der Waals surface area (Å²) in [6.45, 7) is 8.74. The number of piperidine rings is 1. The van der Waals surface area contributed by atoms with Gasteiger partial charge >= 0.3 is 5.97 Å². The van der Waals surface area contributed by atoms with E-state index in [4.69, 9.17) is 5.73 Å². The van der Waals surface area contributed by atoms with Gasteiger partial charge in [0.15, 0.2) is 0 Å². The molecule has 1 heterocycles. The molecular weight excluding hydrogens is 256 g/mol. The summed E-state index contributed by atoms with van der Waals surface area (Å²) in [7, 11) is 0. The molecule has 5 nitrogen and oxygen atoms in total. The quantitative estimate of drug-likeness (QED) is 0.796. The Morgan fingerprint density at radius 1 is 1.35 bits per heavy atom. The van der Waals surface area contributed by atoms with Gasteiger partial charge in [-0.25, -0.2) is 4.79 Å². The number of carboxylic acid groups (broad SMARTS) is 1. The van der Waals surface area contributed by atoms with Gasteiger partial charge in [0.1, 0.15) is 6.04 Å². The number of aliphatic carboxylic acids is 1. The van der Waals surface area contributed by atoms with E-state index in [-0.39, 0.29) is 23.2 Å². The Morgan fingerprint density at radius 3 is 2.35 bits per heavy atom. The lowest BCUT2D eigenvalue weighted by atomic mass is 9.92. The van der Waals surface area contributed by atoms with Crippen LogP contribution in [-0.2, 0) is 9.59 Å². The fraction of sp³-hybridized carbons (Fsp3) is 0.867. The van der Waals surface area contributed by atoms with Crippen LogP contribution in [0, 0.1) is 23.2 Å². The van der Waals surface area contributed by atoms with Gasteiger partial charge in [0.05, 0.1) is 6.04 Å². The first-order chi connectivity index (χ1) is 9.27. The summed E-state index contributed by atoms with van der Waals surface area (Å²) >= 11 is 0. The maximum absolute atomic E-state index is 12.5. The Hall–Kier alpha value is -1.10. The minimum atomic E-state index is -0.895. The molecule has 5 heteroatoms. The second-order valence-corrected chi connectivity index (χ2v) is 6.83. The number of carbonyl (C=O) groups excluding carboxylic acids is 1. The summed E-state index contributed by atoms with van der Waals surface area (Å²) in [5.74, 6) is -0.566. The molecule has 1 aliphatic heterocycles. The minimum absolute atomic E-state index is 0.0405. The van der Waals surface area contributed by atoms with Crippen molar-refractivity contribution in [3.63, 3.8) is 0 Å². The largest absolute Gasteiger partial charge is 0.480 e. The van der Waals surface area contributed by atoms with Crippen molar-refractivity contribution in [2.45, 2.75) is 52.6 Å². The molecule has 0 bridgehead atoms. The molecule has 20 heavy (non-hydrogen) atoms. The Kier molecular flexibility index (Phi) is 3.84. The predicted octanol–water partition coefficient (Wildman–Crippen LogP) is 1.32. The van der Waals surface area contributed by atoms with Gasteiger partial charge in [-0.1, -0.05) is 40.5 Å². The van der Waals surface area contributed by atoms with Crippen LogP contribution in [0.2, 0.25) is 0 Å². The number of rotatable bonds is 5. The van der Waals surface area contributed by atoms with Crippen LogP contribution in [0.3, 0.4) is 0 Å². The Morgan fingerprint density at radius 2 is 1.90 bits per heavy atom. The first-order valence-electron chi connectivity index (χ1n) is 7.56. The summed E-state index contributed by atoms with van der Waals surface area (Å²) in [6.07, 6.45) is 1.68. The zero-order valence-corrected chi connectivity index (χ0v) is 12.8. The first-order valence-corrected chi connectivity index (χ1v) is 7.56. The lowest BCUT2D eigenvalue weighted by Gasteiger charge is -2.32. The van der Waals surface area contributed by atoms with E-state index in [9.17, 15) is 14.7 Å². The van der Waals surface area contributed by atoms with Crippen molar-refractivity contribution in [1.82, 2.24) is 4.90 Å². The normalized spacial score (nSPS) is 32.1. The zero-order chi connectivity index (χ0) is 15.2. The van der Waals surface area contributed by atoms with Crippen LogP contribution < -0.4 is 5.73 Å². The average Bonchev–Trinajstić information content (AvgIpc) is 2.79. The van der Waals surface area contributed by atoms with Gasteiger partial charge in [-0.2, -0.15) is 0 Å². The molecule has 4 atom stereocenters. The molecule has 0 aromatic heterocycles. The number of likely N-dealkylation sites (tertiary alicyclic amines) is 1. The molecular formula is C15H26N2O3. The lowest BCUT2D eigenvalue weighted by molar-refractivity contribution is -0.151. The molecule has 0 aromatic rings. The summed E-state index contributed by atoms with van der Waals surface area (Å²) < 4.78 is 0. The van der Waals surface area contributed by atoms with Gasteiger partial charge in [-0.3, -0.25) is 4.79 Å². The lowest BCUT2D eigenvalue weighted by Crippen LogP contribution is -2.53. The van der Waals surface area contributed by atoms with E-state index in [0.717, 1.165) is 12.8 Å². The van der Waals surface area contributed by atoms with Crippen LogP contribution in [-0.4, -0.2) is 40.5 Å². The second-order valence-electron chi connectivity index (χ2n) is 6.83. The molecule has 1 aliphatic carbocycles. The number of hydrogen-bond donors (Lipinski definition) is 2. The summed E-state index contributed by atoms with van der Waals surface area (Å²) in [5.41, 5.74) is 6.11. The topological polar surface area (TPSA) is 83.6 Å². The maximum Gasteiger partial charge on any atom is 0.326 e. The molecule has 0 radical (unpaired) electrons. The van der Waals surface area contributed by atoms with E-state index in [2.05, 4.69) is 13.8 Å². The van der Waals surface area contributed by atoms with Crippen molar-refractivity contribution < 1.29 is 14.7 Å². The highest BCUT2D eigenvalue weighted by Crippen LogP contribution is 2.64. The summed E-state index contributed by atoms with van der Waals surface area (Å²) in [6, 6.07) is -1.27. The van der Waals surface area contributed by atoms with Crippen molar-refractivity contribution in [3.8, 4) is 0 Å². The molecule has 0 aromatic carbocycles. The fourth-order valence-corrected chi connectivity index (χ4v) is 3.99. The third kappa shape index (κ3) is 2.12. The summed E-state index contributed by atoms with van der Waals surface area (Å²) in [5, 5.41) is 9.46. The molecule has 1 amide bonds. The van der Waals surface area contributed by atoms with Crippen LogP contribution in [0.15, 0.2) is 0 Å². The van der Waals surface area contributed by atoms with Crippen molar-refractivity contribution >= 4 is 11.9 Å². The third-order valence-corrected chi connectivity index (χ3v) is 5.59. The Labute approximate surface area is 120 Å². The minimum Gasteiger partial charge on any atom is -0.480 e. The number of hydrogen-bond acceptors (Lipinski definition) is 3. The van der Waals surface area contributed by atoms with E-state index in [0.29, 0.717) is 12.5 Å². The highest BCUT2D eigenvalue weighted by molar-refractivity contribution is 5.88. The third-order valence-electron chi connectivity index (χ3n) is 5.59. The van der Waals surface area contributed by atoms with E-state index in [1.165, 1.54) is 4.90 Å². The number of nitrogens with zero attached hydrogens (tertiary/aromatic N) is 1. The fourth-order valence-electron chi connectivity index (χ4n) is 3.99. The number of amides is 1. The van der Waals surface area contributed by atoms with Gasteiger partial charge in [-0.05, 0) is 17.3 Å². The number of carbonyl (C=O) groups is 2. The monoisotopic (exact) mass is 282 g/mol. The number of carboxylic acids is 1. The molecule has 114 valence electrons. The number of nitrogens with two attached hydrogens (primary N) is 1. The molecule has 1 saturated heterocycles. The van der Waals surface area contributed by atoms with E-state index in [1.54, 1.807) is 0 Å². The van der Waals surface area contributed by atoms with Crippen molar-refractivity contribution in [2.75, 3.05) is 6.54 Å². The van der Waals surface area contributed by atoms with Crippen molar-refractivity contribution in [2.24, 2.45) is 28.9 Å². The summed E-state index contributed by atoms with van der Waals surface area (Å²) in [4.78, 5) is 25.6. The Bertz CT molecular complexity index is 417. The van der Waals surface area contributed by atoms with E-state index in [1.807, 2.05) is 13.8 Å². The van der Waals surface area contributed by atoms with Gasteiger partial charge in [0.2, 0.25) is 5.91 Å². The van der Waals surface area contributed by atoms with Crippen LogP contribution in [0.4, 0.5) is 0 Å². The van der Waals surface area contributed by atoms with Crippen molar-refractivity contribution in [3.05, 3.63) is 0 Å². The molecule has 2 aliphatic rings. The van der Waals surface area contributed by atoms with Gasteiger partial charge < -0.3 is 15.7 Å². The van der Waals surface area contributed by atoms with Crippen LogP contribution in [0.25, 0.3) is 0 Å². The van der Waals surface area contributed by atoms with Crippen molar-refractivity contribution in [1.29, 1.82) is 0 Å². The second kappa shape index (κ2) is 5.02. The maximum atomic E-state index is 12.5. The zero-order valence-electron chi connectivity index (χ0n) is 12.8. The molecule has 3 N–H and O–H groups in total. The van der Waals surface area contributed by atoms with Gasteiger partial charge in [0, 0.05) is 12.5 Å². The standard InChI is InChI=1S/C15H26N2O3/c1-5-8(6-2)11(16)13(18)17-7-9-10(15(9,3)4)12(17)14(19)20/h8-12H,5-7,16H2,1-4H3,(H,19,20)/t9-,10-,11-,12-/m0/s1. The predicted molar refractivity (Wildman–Crippen MR) is 75.9 cm³/mol. The molecule has 2 rings (SSSR count). The first kappa shape index (κ1) is 15.3. The SMILES string of the molecule is CCC(CC)[C@H](N)C(=O)N1C[C@H]2[C@@H]([C@H]1C(=O)O)C2(C)C. The highest BCUT2D eigenvalue weighted by Gasteiger charge is 2.69. The van der Waals surface area contributed by atoms with E-state index >= 15 is 0 Å². The molecule has 0 unspecified atom stereocenters. The molecule has 2 fully saturated rings. The van der Waals surface area contributed by atoms with Crippen LogP contribution >= 0.6 is 0 Å². The average molecular weight is 282 g/mol. The van der Waals surface area contributed by atoms with E-state index < -0.39 is 18.1 Å². The molecule has 1 saturated carbocycles. The number of fused-ring (bicyclic) bond motifs is 1. The van der Waals surface area contributed by atoms with Gasteiger partial charge in [-0.15, -0.1) is 0 Å². The Balaban J connectivity index is 2.13. The molecule has 0 spiro atoms. The van der Waals surface area contributed by atoms with Crippen LogP contribution in [0.1, 0.15) is 40.5 Å². The van der Waals surface area contributed by atoms with Gasteiger partial charge in [0.25, 0.3) is 0 Å².